The highest BCUT2D eigenvalue weighted by molar-refractivity contribution is 5.83. The molecule has 2 fully saturated rings. The van der Waals surface area contributed by atoms with Gasteiger partial charge in [0.05, 0.1) is 6.04 Å². The number of rotatable bonds is 3. The van der Waals surface area contributed by atoms with Crippen LogP contribution in [0.2, 0.25) is 0 Å². The van der Waals surface area contributed by atoms with E-state index in [1.807, 2.05) is 11.1 Å². The summed E-state index contributed by atoms with van der Waals surface area (Å²) < 4.78 is 0. The number of likely N-dealkylation sites (tertiary alicyclic amines) is 1. The van der Waals surface area contributed by atoms with Crippen LogP contribution in [0.3, 0.4) is 0 Å². The number of aromatic nitrogens is 2. The molecule has 3 aliphatic rings. The van der Waals surface area contributed by atoms with E-state index in [1.54, 1.807) is 0 Å². The number of hydrogen-bond acceptors (Lipinski definition) is 6. The van der Waals surface area contributed by atoms with Crippen LogP contribution >= 0.6 is 0 Å². The fourth-order valence-electron chi connectivity index (χ4n) is 4.34. The number of amides is 1. The van der Waals surface area contributed by atoms with Crippen molar-refractivity contribution in [1.29, 1.82) is 0 Å². The Morgan fingerprint density at radius 1 is 1.40 bits per heavy atom. The van der Waals surface area contributed by atoms with E-state index in [0.29, 0.717) is 6.04 Å². The first-order valence-corrected chi connectivity index (χ1v) is 9.56. The van der Waals surface area contributed by atoms with Crippen LogP contribution in [-0.2, 0) is 17.8 Å². The van der Waals surface area contributed by atoms with Gasteiger partial charge in [-0.15, -0.1) is 0 Å². The Balaban J connectivity index is 1.53. The lowest BCUT2D eigenvalue weighted by Gasteiger charge is -2.28. The lowest BCUT2D eigenvalue weighted by molar-refractivity contribution is -0.135. The molecule has 25 heavy (non-hydrogen) atoms. The Morgan fingerprint density at radius 3 is 3.08 bits per heavy atom. The van der Waals surface area contributed by atoms with Crippen LogP contribution in [0.25, 0.3) is 0 Å². The lowest BCUT2D eigenvalue weighted by Crippen LogP contribution is -2.47. The van der Waals surface area contributed by atoms with E-state index < -0.39 is 0 Å². The third-order valence-corrected chi connectivity index (χ3v) is 5.95. The van der Waals surface area contributed by atoms with Gasteiger partial charge in [-0.2, -0.15) is 0 Å². The van der Waals surface area contributed by atoms with Gasteiger partial charge < -0.3 is 10.2 Å². The Morgan fingerprint density at radius 2 is 2.28 bits per heavy atom. The van der Waals surface area contributed by atoms with Gasteiger partial charge in [-0.1, -0.05) is 13.8 Å². The SMILES string of the molecule is CCC1NNC(C(=O)N2CCCC2c2ncc3c(n2)CCNC3)C1C. The maximum Gasteiger partial charge on any atom is 0.242 e. The average Bonchev–Trinajstić information content (AvgIpc) is 3.27. The van der Waals surface area contributed by atoms with Gasteiger partial charge in [0.15, 0.2) is 5.82 Å². The van der Waals surface area contributed by atoms with Crippen molar-refractivity contribution in [1.82, 2.24) is 31.0 Å². The molecule has 7 heteroatoms. The summed E-state index contributed by atoms with van der Waals surface area (Å²) in [5.41, 5.74) is 8.81. The molecule has 3 N–H and O–H groups in total. The second-order valence-electron chi connectivity index (χ2n) is 7.46. The summed E-state index contributed by atoms with van der Waals surface area (Å²) in [6.45, 7) is 6.91. The minimum absolute atomic E-state index is 0.0161. The molecule has 1 aromatic rings. The topological polar surface area (TPSA) is 82.2 Å². The maximum absolute atomic E-state index is 13.1. The first-order chi connectivity index (χ1) is 12.2. The molecule has 0 spiro atoms. The molecule has 2 saturated heterocycles. The molecule has 4 atom stereocenters. The van der Waals surface area contributed by atoms with Crippen molar-refractivity contribution < 1.29 is 4.79 Å². The van der Waals surface area contributed by atoms with Crippen molar-refractivity contribution in [3.63, 3.8) is 0 Å². The first kappa shape index (κ1) is 16.9. The van der Waals surface area contributed by atoms with Crippen molar-refractivity contribution in [2.24, 2.45) is 5.92 Å². The molecule has 0 radical (unpaired) electrons. The number of hydrogen-bond donors (Lipinski definition) is 3. The molecule has 4 heterocycles. The summed E-state index contributed by atoms with van der Waals surface area (Å²) >= 11 is 0. The predicted molar refractivity (Wildman–Crippen MR) is 94.4 cm³/mol. The van der Waals surface area contributed by atoms with E-state index in [2.05, 4.69) is 35.0 Å². The molecule has 1 aromatic heterocycles. The smallest absolute Gasteiger partial charge is 0.242 e. The van der Waals surface area contributed by atoms with Crippen molar-refractivity contribution in [2.45, 2.75) is 64.2 Å². The van der Waals surface area contributed by atoms with Gasteiger partial charge in [0.2, 0.25) is 5.91 Å². The van der Waals surface area contributed by atoms with Gasteiger partial charge in [0.25, 0.3) is 0 Å². The van der Waals surface area contributed by atoms with Gasteiger partial charge in [-0.25, -0.2) is 15.4 Å². The van der Waals surface area contributed by atoms with E-state index in [0.717, 1.165) is 56.8 Å². The third-order valence-electron chi connectivity index (χ3n) is 5.95. The molecule has 0 saturated carbocycles. The Hall–Kier alpha value is -1.57. The molecule has 7 nitrogen and oxygen atoms in total. The minimum atomic E-state index is -0.160. The summed E-state index contributed by atoms with van der Waals surface area (Å²) in [4.78, 5) is 24.6. The summed E-state index contributed by atoms with van der Waals surface area (Å²) in [5.74, 6) is 1.29. The Bertz CT molecular complexity index is 650. The van der Waals surface area contributed by atoms with Crippen LogP contribution in [0.1, 0.15) is 56.2 Å². The molecule has 0 aliphatic carbocycles. The molecule has 0 aromatic carbocycles. The van der Waals surface area contributed by atoms with Gasteiger partial charge in [-0.05, 0) is 25.2 Å². The number of fused-ring (bicyclic) bond motifs is 1. The summed E-state index contributed by atoms with van der Waals surface area (Å²) in [7, 11) is 0. The van der Waals surface area contributed by atoms with Crippen LogP contribution in [0.5, 0.6) is 0 Å². The van der Waals surface area contributed by atoms with Gasteiger partial charge >= 0.3 is 0 Å². The zero-order chi connectivity index (χ0) is 17.4. The molecule has 4 rings (SSSR count). The molecular weight excluding hydrogens is 316 g/mol. The van der Waals surface area contributed by atoms with Gasteiger partial charge in [0, 0.05) is 49.6 Å². The van der Waals surface area contributed by atoms with Crippen LogP contribution in [0.4, 0.5) is 0 Å². The highest BCUT2D eigenvalue weighted by Gasteiger charge is 2.42. The van der Waals surface area contributed by atoms with Crippen molar-refractivity contribution in [2.75, 3.05) is 13.1 Å². The highest BCUT2D eigenvalue weighted by atomic mass is 16.2. The number of hydrazine groups is 1. The number of carbonyl (C=O) groups excluding carboxylic acids is 1. The van der Waals surface area contributed by atoms with Crippen LogP contribution < -0.4 is 16.2 Å². The van der Waals surface area contributed by atoms with Gasteiger partial charge in [0.1, 0.15) is 6.04 Å². The molecule has 4 unspecified atom stereocenters. The predicted octanol–water partition coefficient (Wildman–Crippen LogP) is 0.677. The quantitative estimate of drug-likeness (QED) is 0.748. The monoisotopic (exact) mass is 344 g/mol. The van der Waals surface area contributed by atoms with Crippen molar-refractivity contribution >= 4 is 5.91 Å². The van der Waals surface area contributed by atoms with Crippen molar-refractivity contribution in [3.05, 3.63) is 23.3 Å². The largest absolute Gasteiger partial charge is 0.331 e. The Labute approximate surface area is 149 Å². The second kappa shape index (κ2) is 6.97. The summed E-state index contributed by atoms with van der Waals surface area (Å²) in [5, 5.41) is 3.35. The normalized spacial score (nSPS) is 32.0. The summed E-state index contributed by atoms with van der Waals surface area (Å²) in [6.07, 6.45) is 5.87. The molecular formula is C18H28N6O. The van der Waals surface area contributed by atoms with Crippen LogP contribution in [0, 0.1) is 5.92 Å². The van der Waals surface area contributed by atoms with Crippen LogP contribution in [-0.4, -0.2) is 45.9 Å². The van der Waals surface area contributed by atoms with E-state index >= 15 is 0 Å². The molecule has 136 valence electrons. The van der Waals surface area contributed by atoms with Crippen molar-refractivity contribution in [3.8, 4) is 0 Å². The zero-order valence-electron chi connectivity index (χ0n) is 15.1. The average molecular weight is 344 g/mol. The third kappa shape index (κ3) is 3.05. The minimum Gasteiger partial charge on any atom is -0.331 e. The van der Waals surface area contributed by atoms with E-state index in [9.17, 15) is 4.79 Å². The lowest BCUT2D eigenvalue weighted by atomic mass is 9.94. The fourth-order valence-corrected chi connectivity index (χ4v) is 4.34. The Kier molecular flexibility index (Phi) is 4.71. The number of carbonyl (C=O) groups is 1. The van der Waals surface area contributed by atoms with E-state index in [-0.39, 0.29) is 23.9 Å². The number of nitrogens with one attached hydrogen (secondary N) is 3. The first-order valence-electron chi connectivity index (χ1n) is 9.56. The highest BCUT2D eigenvalue weighted by Crippen LogP contribution is 2.32. The molecule has 0 bridgehead atoms. The maximum atomic E-state index is 13.1. The molecule has 1 amide bonds. The number of nitrogens with zero attached hydrogens (tertiary/aromatic N) is 3. The van der Waals surface area contributed by atoms with Gasteiger partial charge in [-0.3, -0.25) is 10.2 Å². The van der Waals surface area contributed by atoms with E-state index in [4.69, 9.17) is 4.98 Å². The second-order valence-corrected chi connectivity index (χ2v) is 7.46. The van der Waals surface area contributed by atoms with E-state index in [1.165, 1.54) is 5.56 Å². The standard InChI is InChI=1S/C18H28N6O/c1-3-13-11(2)16(23-22-13)18(25)24-8-4-5-15(24)17-20-10-12-9-19-7-6-14(12)21-17/h10-11,13,15-16,19,22-23H,3-9H2,1-2H3. The zero-order valence-corrected chi connectivity index (χ0v) is 15.1. The summed E-state index contributed by atoms with van der Waals surface area (Å²) in [6, 6.07) is 0.206. The molecule has 3 aliphatic heterocycles. The van der Waals surface area contributed by atoms with Crippen LogP contribution in [0.15, 0.2) is 6.20 Å². The fraction of sp³-hybridized carbons (Fsp3) is 0.722.